The first-order valence-corrected chi connectivity index (χ1v) is 6.70. The molecule has 100 valence electrons. The molecule has 0 atom stereocenters. The van der Waals surface area contributed by atoms with E-state index in [-0.39, 0.29) is 5.82 Å². The number of anilines is 1. The maximum atomic E-state index is 13.7. The summed E-state index contributed by atoms with van der Waals surface area (Å²) in [7, 11) is 0. The number of hydrogen-bond donors (Lipinski definition) is 1. The average molecular weight is 265 g/mol. The lowest BCUT2D eigenvalue weighted by molar-refractivity contribution is 0.629. The molecule has 3 rings (SSSR count). The minimum Gasteiger partial charge on any atom is -0.379 e. The van der Waals surface area contributed by atoms with Gasteiger partial charge in [0.2, 0.25) is 0 Å². The van der Waals surface area contributed by atoms with E-state index in [4.69, 9.17) is 0 Å². The van der Waals surface area contributed by atoms with Crippen molar-refractivity contribution in [3.63, 3.8) is 0 Å². The van der Waals surface area contributed by atoms with Crippen LogP contribution in [0.3, 0.4) is 0 Å². The largest absolute Gasteiger partial charge is 0.379 e. The topological polar surface area (TPSA) is 12.0 Å². The minimum absolute atomic E-state index is 0.203. The average Bonchev–Trinajstić information content (AvgIpc) is 2.46. The van der Waals surface area contributed by atoms with Gasteiger partial charge < -0.3 is 5.32 Å². The van der Waals surface area contributed by atoms with Gasteiger partial charge in [-0.1, -0.05) is 42.5 Å². The molecule has 0 saturated heterocycles. The zero-order chi connectivity index (χ0) is 13.9. The van der Waals surface area contributed by atoms with E-state index >= 15 is 0 Å². The molecule has 0 unspecified atom stereocenters. The molecule has 3 aromatic rings. The van der Waals surface area contributed by atoms with Gasteiger partial charge in [-0.15, -0.1) is 0 Å². The predicted octanol–water partition coefficient (Wildman–Crippen LogP) is 4.90. The van der Waals surface area contributed by atoms with Crippen LogP contribution in [0.15, 0.2) is 60.7 Å². The van der Waals surface area contributed by atoms with Gasteiger partial charge in [0.15, 0.2) is 0 Å². The van der Waals surface area contributed by atoms with Crippen LogP contribution in [0, 0.1) is 12.7 Å². The highest BCUT2D eigenvalue weighted by molar-refractivity contribution is 5.83. The van der Waals surface area contributed by atoms with Gasteiger partial charge in [-0.2, -0.15) is 0 Å². The number of aryl methyl sites for hydroxylation is 1. The molecule has 0 spiro atoms. The first kappa shape index (κ1) is 12.7. The number of halogens is 1. The molecule has 0 aromatic heterocycles. The van der Waals surface area contributed by atoms with Crippen LogP contribution in [-0.4, -0.2) is 0 Å². The summed E-state index contributed by atoms with van der Waals surface area (Å²) >= 11 is 0. The summed E-state index contributed by atoms with van der Waals surface area (Å²) in [5.74, 6) is -0.203. The van der Waals surface area contributed by atoms with Gasteiger partial charge in [-0.05, 0) is 47.0 Å². The summed E-state index contributed by atoms with van der Waals surface area (Å²) in [5.41, 5.74) is 2.62. The quantitative estimate of drug-likeness (QED) is 0.710. The Hall–Kier alpha value is -2.35. The van der Waals surface area contributed by atoms with Crippen molar-refractivity contribution in [2.75, 3.05) is 5.32 Å². The van der Waals surface area contributed by atoms with Crippen LogP contribution in [0.1, 0.15) is 11.1 Å². The molecule has 1 N–H and O–H groups in total. The fourth-order valence-corrected chi connectivity index (χ4v) is 2.31. The second-order valence-electron chi connectivity index (χ2n) is 5.02. The molecule has 0 saturated carbocycles. The molecule has 0 fully saturated rings. The van der Waals surface area contributed by atoms with E-state index < -0.39 is 0 Å². The molecule has 0 radical (unpaired) electrons. The lowest BCUT2D eigenvalue weighted by Gasteiger charge is -2.09. The maximum Gasteiger partial charge on any atom is 0.146 e. The second-order valence-corrected chi connectivity index (χ2v) is 5.02. The van der Waals surface area contributed by atoms with Crippen molar-refractivity contribution in [3.8, 4) is 0 Å². The van der Waals surface area contributed by atoms with E-state index in [0.717, 1.165) is 11.1 Å². The Labute approximate surface area is 118 Å². The standard InChI is InChI=1S/C18H16FN/c1-13-6-9-18(17(19)10-13)20-12-14-7-8-15-4-2-3-5-16(15)11-14/h2-11,20H,12H2,1H3. The molecule has 3 aromatic carbocycles. The SMILES string of the molecule is Cc1ccc(NCc2ccc3ccccc3c2)c(F)c1. The summed E-state index contributed by atoms with van der Waals surface area (Å²) < 4.78 is 13.7. The number of benzene rings is 3. The van der Waals surface area contributed by atoms with E-state index in [1.807, 2.05) is 25.1 Å². The number of hydrogen-bond acceptors (Lipinski definition) is 1. The van der Waals surface area contributed by atoms with Gasteiger partial charge in [0, 0.05) is 6.54 Å². The van der Waals surface area contributed by atoms with Gasteiger partial charge in [-0.3, -0.25) is 0 Å². The van der Waals surface area contributed by atoms with Crippen molar-refractivity contribution < 1.29 is 4.39 Å². The van der Waals surface area contributed by atoms with Crippen LogP contribution in [-0.2, 0) is 6.54 Å². The molecule has 0 bridgehead atoms. The van der Waals surface area contributed by atoms with E-state index in [0.29, 0.717) is 12.2 Å². The fraction of sp³-hybridized carbons (Fsp3) is 0.111. The maximum absolute atomic E-state index is 13.7. The van der Waals surface area contributed by atoms with Crippen LogP contribution >= 0.6 is 0 Å². The Balaban J connectivity index is 1.79. The molecule has 0 heterocycles. The van der Waals surface area contributed by atoms with E-state index in [9.17, 15) is 4.39 Å². The summed E-state index contributed by atoms with van der Waals surface area (Å²) in [4.78, 5) is 0. The van der Waals surface area contributed by atoms with Crippen LogP contribution in [0.4, 0.5) is 10.1 Å². The highest BCUT2D eigenvalue weighted by Crippen LogP contribution is 2.19. The van der Waals surface area contributed by atoms with Crippen LogP contribution in [0.5, 0.6) is 0 Å². The van der Waals surface area contributed by atoms with Crippen LogP contribution in [0.2, 0.25) is 0 Å². The van der Waals surface area contributed by atoms with Crippen molar-refractivity contribution in [1.82, 2.24) is 0 Å². The van der Waals surface area contributed by atoms with E-state index in [1.165, 1.54) is 10.8 Å². The van der Waals surface area contributed by atoms with Gasteiger partial charge in [0.05, 0.1) is 5.69 Å². The van der Waals surface area contributed by atoms with Crippen molar-refractivity contribution in [3.05, 3.63) is 77.6 Å². The number of rotatable bonds is 3. The molecular weight excluding hydrogens is 249 g/mol. The fourth-order valence-electron chi connectivity index (χ4n) is 2.31. The predicted molar refractivity (Wildman–Crippen MR) is 82.4 cm³/mol. The minimum atomic E-state index is -0.203. The van der Waals surface area contributed by atoms with Crippen molar-refractivity contribution in [2.24, 2.45) is 0 Å². The Kier molecular flexibility index (Phi) is 3.38. The van der Waals surface area contributed by atoms with E-state index in [1.54, 1.807) is 12.1 Å². The Bertz CT molecular complexity index is 749. The molecule has 0 aliphatic carbocycles. The third-order valence-electron chi connectivity index (χ3n) is 3.42. The highest BCUT2D eigenvalue weighted by atomic mass is 19.1. The lowest BCUT2D eigenvalue weighted by atomic mass is 10.1. The van der Waals surface area contributed by atoms with Gasteiger partial charge in [0.1, 0.15) is 5.82 Å². The highest BCUT2D eigenvalue weighted by Gasteiger charge is 2.02. The van der Waals surface area contributed by atoms with E-state index in [2.05, 4.69) is 35.6 Å². The van der Waals surface area contributed by atoms with Crippen molar-refractivity contribution in [2.45, 2.75) is 13.5 Å². The summed E-state index contributed by atoms with van der Waals surface area (Å²) in [6, 6.07) is 19.8. The monoisotopic (exact) mass is 265 g/mol. The molecule has 1 nitrogen and oxygen atoms in total. The summed E-state index contributed by atoms with van der Waals surface area (Å²) in [6.45, 7) is 2.50. The zero-order valence-corrected chi connectivity index (χ0v) is 11.4. The summed E-state index contributed by atoms with van der Waals surface area (Å²) in [6.07, 6.45) is 0. The normalized spacial score (nSPS) is 10.7. The first-order valence-electron chi connectivity index (χ1n) is 6.70. The van der Waals surface area contributed by atoms with Gasteiger partial charge >= 0.3 is 0 Å². The summed E-state index contributed by atoms with van der Waals surface area (Å²) in [5, 5.41) is 5.57. The van der Waals surface area contributed by atoms with Crippen LogP contribution in [0.25, 0.3) is 10.8 Å². The second kappa shape index (κ2) is 5.33. The van der Waals surface area contributed by atoms with Crippen molar-refractivity contribution in [1.29, 1.82) is 0 Å². The van der Waals surface area contributed by atoms with Crippen molar-refractivity contribution >= 4 is 16.5 Å². The first-order chi connectivity index (χ1) is 9.72. The molecule has 0 amide bonds. The van der Waals surface area contributed by atoms with Gasteiger partial charge in [-0.25, -0.2) is 4.39 Å². The smallest absolute Gasteiger partial charge is 0.146 e. The number of nitrogens with one attached hydrogen (secondary N) is 1. The Morgan fingerprint density at radius 1 is 0.900 bits per heavy atom. The molecule has 0 aliphatic heterocycles. The Morgan fingerprint density at radius 3 is 2.50 bits per heavy atom. The molecular formula is C18H16FN. The van der Waals surface area contributed by atoms with Gasteiger partial charge in [0.25, 0.3) is 0 Å². The molecule has 0 aliphatic rings. The Morgan fingerprint density at radius 2 is 1.70 bits per heavy atom. The zero-order valence-electron chi connectivity index (χ0n) is 11.4. The third kappa shape index (κ3) is 2.64. The van der Waals surface area contributed by atoms with Crippen LogP contribution < -0.4 is 5.32 Å². The third-order valence-corrected chi connectivity index (χ3v) is 3.42. The molecule has 20 heavy (non-hydrogen) atoms. The lowest BCUT2D eigenvalue weighted by Crippen LogP contribution is -2.01. The molecule has 2 heteroatoms. The number of fused-ring (bicyclic) bond motifs is 1.